The van der Waals surface area contributed by atoms with E-state index in [1.54, 1.807) is 42.5 Å². The Hall–Kier alpha value is -1.43. The van der Waals surface area contributed by atoms with Crippen LogP contribution in [-0.2, 0) is 16.6 Å². The summed E-state index contributed by atoms with van der Waals surface area (Å²) >= 11 is 12.1. The molecule has 0 heterocycles. The minimum Gasteiger partial charge on any atom is -0.489 e. The molecule has 0 fully saturated rings. The van der Waals surface area contributed by atoms with Crippen molar-refractivity contribution in [3.63, 3.8) is 0 Å². The smallest absolute Gasteiger partial charge is 0.231 e. The maximum absolute atomic E-state index is 11.5. The van der Waals surface area contributed by atoms with Crippen molar-refractivity contribution in [2.75, 3.05) is 17.6 Å². The Bertz CT molecular complexity index is 741. The van der Waals surface area contributed by atoms with Gasteiger partial charge < -0.3 is 4.74 Å². The number of anilines is 1. The molecule has 0 aromatic heterocycles. The number of nitrogens with zero attached hydrogens (tertiary/aromatic N) is 1. The fraction of sp³-hybridized carbons (Fsp3) is 0.200. The summed E-state index contributed by atoms with van der Waals surface area (Å²) in [5, 5.41) is 1.09. The molecule has 2 rings (SSSR count). The molecule has 0 saturated carbocycles. The highest BCUT2D eigenvalue weighted by Gasteiger charge is 2.12. The van der Waals surface area contributed by atoms with Gasteiger partial charge in [-0.25, -0.2) is 8.42 Å². The lowest BCUT2D eigenvalue weighted by molar-refractivity contribution is 0.306. The van der Waals surface area contributed by atoms with Crippen LogP contribution in [0.4, 0.5) is 5.69 Å². The Balaban J connectivity index is 2.09. The molecule has 0 unspecified atom stereocenters. The van der Waals surface area contributed by atoms with Gasteiger partial charge >= 0.3 is 0 Å². The first-order chi connectivity index (χ1) is 10.3. The monoisotopic (exact) mass is 359 g/mol. The van der Waals surface area contributed by atoms with Crippen LogP contribution in [0.2, 0.25) is 10.0 Å². The summed E-state index contributed by atoms with van der Waals surface area (Å²) in [6.07, 6.45) is 1.15. The van der Waals surface area contributed by atoms with Gasteiger partial charge in [-0.1, -0.05) is 29.3 Å². The van der Waals surface area contributed by atoms with Gasteiger partial charge in [0.2, 0.25) is 10.0 Å². The van der Waals surface area contributed by atoms with Crippen molar-refractivity contribution in [1.82, 2.24) is 0 Å². The zero-order chi connectivity index (χ0) is 16.3. The van der Waals surface area contributed by atoms with Crippen molar-refractivity contribution in [2.45, 2.75) is 6.61 Å². The highest BCUT2D eigenvalue weighted by molar-refractivity contribution is 7.92. The molecule has 0 atom stereocenters. The van der Waals surface area contributed by atoms with Gasteiger partial charge in [0.1, 0.15) is 12.4 Å². The molecule has 118 valence electrons. The molecule has 2 aromatic rings. The van der Waals surface area contributed by atoms with E-state index < -0.39 is 10.0 Å². The van der Waals surface area contributed by atoms with E-state index in [4.69, 9.17) is 27.9 Å². The minimum absolute atomic E-state index is 0.236. The van der Waals surface area contributed by atoms with E-state index in [0.717, 1.165) is 6.26 Å². The number of halogens is 2. The van der Waals surface area contributed by atoms with Crippen LogP contribution in [0.1, 0.15) is 5.56 Å². The molecule has 2 aromatic carbocycles. The molecular formula is C15H15Cl2NO3S. The van der Waals surface area contributed by atoms with Crippen LogP contribution < -0.4 is 9.04 Å². The number of rotatable bonds is 5. The number of hydrogen-bond acceptors (Lipinski definition) is 3. The van der Waals surface area contributed by atoms with Gasteiger partial charge in [-0.05, 0) is 36.4 Å². The maximum Gasteiger partial charge on any atom is 0.231 e. The fourth-order valence-corrected chi connectivity index (χ4v) is 2.78. The normalized spacial score (nSPS) is 11.3. The van der Waals surface area contributed by atoms with Crippen LogP contribution >= 0.6 is 23.2 Å². The molecule has 0 saturated heterocycles. The fourth-order valence-electron chi connectivity index (χ4n) is 1.77. The summed E-state index contributed by atoms with van der Waals surface area (Å²) < 4.78 is 29.8. The second kappa shape index (κ2) is 6.77. The van der Waals surface area contributed by atoms with E-state index in [9.17, 15) is 8.42 Å². The van der Waals surface area contributed by atoms with Crippen molar-refractivity contribution in [1.29, 1.82) is 0 Å². The van der Waals surface area contributed by atoms with E-state index in [0.29, 0.717) is 27.0 Å². The average molecular weight is 360 g/mol. The van der Waals surface area contributed by atoms with E-state index in [1.807, 2.05) is 0 Å². The molecular weight excluding hydrogens is 345 g/mol. The Morgan fingerprint density at radius 2 is 1.59 bits per heavy atom. The third-order valence-electron chi connectivity index (χ3n) is 3.14. The van der Waals surface area contributed by atoms with Crippen LogP contribution in [0.3, 0.4) is 0 Å². The lowest BCUT2D eigenvalue weighted by Crippen LogP contribution is -2.24. The van der Waals surface area contributed by atoms with Crippen molar-refractivity contribution in [3.8, 4) is 5.75 Å². The van der Waals surface area contributed by atoms with Crippen LogP contribution in [-0.4, -0.2) is 21.7 Å². The molecule has 0 radical (unpaired) electrons. The van der Waals surface area contributed by atoms with Gasteiger partial charge in [-0.15, -0.1) is 0 Å². The maximum atomic E-state index is 11.5. The van der Waals surface area contributed by atoms with Crippen molar-refractivity contribution in [3.05, 3.63) is 58.1 Å². The molecule has 0 amide bonds. The molecule has 7 heteroatoms. The molecule has 0 aliphatic rings. The van der Waals surface area contributed by atoms with E-state index in [-0.39, 0.29) is 6.61 Å². The molecule has 0 N–H and O–H groups in total. The third kappa shape index (κ3) is 4.06. The quantitative estimate of drug-likeness (QED) is 0.811. The number of sulfonamides is 1. The first kappa shape index (κ1) is 16.9. The zero-order valence-corrected chi connectivity index (χ0v) is 14.4. The van der Waals surface area contributed by atoms with Crippen molar-refractivity contribution in [2.24, 2.45) is 0 Å². The lowest BCUT2D eigenvalue weighted by atomic mass is 10.2. The average Bonchev–Trinajstić information content (AvgIpc) is 2.46. The van der Waals surface area contributed by atoms with Gasteiger partial charge in [-0.3, -0.25) is 4.31 Å². The molecule has 0 aliphatic carbocycles. The van der Waals surface area contributed by atoms with Gasteiger partial charge in [0.15, 0.2) is 0 Å². The topological polar surface area (TPSA) is 46.6 Å². The number of ether oxygens (including phenoxy) is 1. The Morgan fingerprint density at radius 1 is 1.05 bits per heavy atom. The Morgan fingerprint density at radius 3 is 2.09 bits per heavy atom. The first-order valence-corrected chi connectivity index (χ1v) is 8.99. The Kier molecular flexibility index (Phi) is 5.21. The second-order valence-electron chi connectivity index (χ2n) is 4.71. The summed E-state index contributed by atoms with van der Waals surface area (Å²) in [6.45, 7) is 0.236. The Labute approximate surface area is 140 Å². The standard InChI is InChI=1S/C15H15Cl2NO3S/c1-18(22(2,19)20)11-6-8-12(9-7-11)21-10-13-14(16)4-3-5-15(13)17/h3-9H,10H2,1-2H3. The number of hydrogen-bond donors (Lipinski definition) is 0. The van der Waals surface area contributed by atoms with Gasteiger partial charge in [-0.2, -0.15) is 0 Å². The van der Waals surface area contributed by atoms with Crippen molar-refractivity contribution < 1.29 is 13.2 Å². The summed E-state index contributed by atoms with van der Waals surface area (Å²) in [7, 11) is -1.78. The minimum atomic E-state index is -3.28. The van der Waals surface area contributed by atoms with E-state index in [2.05, 4.69) is 0 Å². The highest BCUT2D eigenvalue weighted by atomic mass is 35.5. The zero-order valence-electron chi connectivity index (χ0n) is 12.1. The summed E-state index contributed by atoms with van der Waals surface area (Å²) in [5.74, 6) is 0.599. The van der Waals surface area contributed by atoms with E-state index in [1.165, 1.54) is 11.4 Å². The third-order valence-corrected chi connectivity index (χ3v) is 5.06. The first-order valence-electron chi connectivity index (χ1n) is 6.38. The molecule has 4 nitrogen and oxygen atoms in total. The summed E-state index contributed by atoms with van der Waals surface area (Å²) in [5.41, 5.74) is 1.27. The van der Waals surface area contributed by atoms with Gasteiger partial charge in [0, 0.05) is 22.7 Å². The molecule has 0 spiro atoms. The van der Waals surface area contributed by atoms with Crippen LogP contribution in [0, 0.1) is 0 Å². The SMILES string of the molecule is CN(c1ccc(OCc2c(Cl)cccc2Cl)cc1)S(C)(=O)=O. The largest absolute Gasteiger partial charge is 0.489 e. The van der Waals surface area contributed by atoms with Gasteiger partial charge in [0.25, 0.3) is 0 Å². The van der Waals surface area contributed by atoms with Crippen LogP contribution in [0.25, 0.3) is 0 Å². The lowest BCUT2D eigenvalue weighted by Gasteiger charge is -2.17. The second-order valence-corrected chi connectivity index (χ2v) is 7.54. The highest BCUT2D eigenvalue weighted by Crippen LogP contribution is 2.26. The predicted molar refractivity (Wildman–Crippen MR) is 90.5 cm³/mol. The van der Waals surface area contributed by atoms with Gasteiger partial charge in [0.05, 0.1) is 11.9 Å². The molecule has 0 aliphatic heterocycles. The van der Waals surface area contributed by atoms with Crippen molar-refractivity contribution >= 4 is 38.9 Å². The summed E-state index contributed by atoms with van der Waals surface area (Å²) in [4.78, 5) is 0. The number of benzene rings is 2. The molecule has 0 bridgehead atoms. The van der Waals surface area contributed by atoms with Crippen LogP contribution in [0.5, 0.6) is 5.75 Å². The van der Waals surface area contributed by atoms with Crippen LogP contribution in [0.15, 0.2) is 42.5 Å². The summed E-state index contributed by atoms with van der Waals surface area (Å²) in [6, 6.07) is 12.0. The predicted octanol–water partition coefficient (Wildman–Crippen LogP) is 3.97. The molecule has 22 heavy (non-hydrogen) atoms. The van der Waals surface area contributed by atoms with E-state index >= 15 is 0 Å².